The summed E-state index contributed by atoms with van der Waals surface area (Å²) in [7, 11) is 0. The minimum Gasteiger partial charge on any atom is -0.393 e. The Bertz CT molecular complexity index is 766. The van der Waals surface area contributed by atoms with E-state index in [0.717, 1.165) is 5.69 Å². The number of hydrogen-bond donors (Lipinski definition) is 1. The molecular weight excluding hydrogens is 246 g/mol. The fourth-order valence-electron chi connectivity index (χ4n) is 1.80. The number of fused-ring (bicyclic) bond motifs is 1. The van der Waals surface area contributed by atoms with Gasteiger partial charge in [0.2, 0.25) is 0 Å². The summed E-state index contributed by atoms with van der Waals surface area (Å²) < 4.78 is 0. The summed E-state index contributed by atoms with van der Waals surface area (Å²) in [6.07, 6.45) is 0. The number of aromatic nitrogens is 3. The molecule has 1 heterocycles. The van der Waals surface area contributed by atoms with Crippen molar-refractivity contribution in [1.29, 1.82) is 0 Å². The molecule has 19 heavy (non-hydrogen) atoms. The number of hydrogen-bond acceptors (Lipinski definition) is 5. The monoisotopic (exact) mass is 255 g/mol. The van der Waals surface area contributed by atoms with Crippen molar-refractivity contribution in [2.24, 2.45) is 0 Å². The molecule has 1 aromatic heterocycles. The Morgan fingerprint density at radius 1 is 1.11 bits per heavy atom. The molecule has 0 unspecified atom stereocenters. The van der Waals surface area contributed by atoms with Crippen molar-refractivity contribution in [3.63, 3.8) is 0 Å². The summed E-state index contributed by atoms with van der Waals surface area (Å²) in [6.45, 7) is 0. The van der Waals surface area contributed by atoms with Crippen LogP contribution in [0.1, 0.15) is 0 Å². The van der Waals surface area contributed by atoms with E-state index in [4.69, 9.17) is 5.73 Å². The first-order valence-electron chi connectivity index (χ1n) is 5.51. The zero-order valence-corrected chi connectivity index (χ0v) is 9.72. The average Bonchev–Trinajstić information content (AvgIpc) is 2.81. The Labute approximate surface area is 107 Å². The highest BCUT2D eigenvalue weighted by Gasteiger charge is 2.15. The van der Waals surface area contributed by atoms with Gasteiger partial charge < -0.3 is 5.73 Å². The smallest absolute Gasteiger partial charge is 0.294 e. The molecule has 0 fully saturated rings. The number of rotatable bonds is 2. The molecule has 3 aromatic rings. The van der Waals surface area contributed by atoms with Gasteiger partial charge in [-0.1, -0.05) is 18.2 Å². The van der Waals surface area contributed by atoms with Crippen LogP contribution in [0.15, 0.2) is 42.5 Å². The van der Waals surface area contributed by atoms with Crippen LogP contribution < -0.4 is 5.73 Å². The maximum atomic E-state index is 10.8. The van der Waals surface area contributed by atoms with Crippen molar-refractivity contribution < 1.29 is 4.92 Å². The molecule has 0 bridgehead atoms. The lowest BCUT2D eigenvalue weighted by Crippen LogP contribution is -1.97. The number of nitrogens with zero attached hydrogens (tertiary/aromatic N) is 4. The fourth-order valence-corrected chi connectivity index (χ4v) is 1.80. The van der Waals surface area contributed by atoms with Crippen LogP contribution in [-0.4, -0.2) is 19.9 Å². The normalized spacial score (nSPS) is 10.7. The molecule has 7 heteroatoms. The zero-order chi connectivity index (χ0) is 13.4. The third kappa shape index (κ3) is 1.86. The highest BCUT2D eigenvalue weighted by atomic mass is 16.6. The molecule has 2 aromatic carbocycles. The van der Waals surface area contributed by atoms with Gasteiger partial charge in [0.25, 0.3) is 5.69 Å². The van der Waals surface area contributed by atoms with Gasteiger partial charge in [-0.05, 0) is 18.2 Å². The summed E-state index contributed by atoms with van der Waals surface area (Å²) >= 11 is 0. The van der Waals surface area contributed by atoms with Crippen molar-refractivity contribution in [3.05, 3.63) is 52.6 Å². The molecule has 7 nitrogen and oxygen atoms in total. The molecule has 0 aliphatic carbocycles. The topological polar surface area (TPSA) is 99.9 Å². The van der Waals surface area contributed by atoms with Crippen molar-refractivity contribution in [2.45, 2.75) is 0 Å². The van der Waals surface area contributed by atoms with E-state index in [1.807, 2.05) is 30.3 Å². The Balaban J connectivity index is 2.19. The predicted octanol–water partition coefficient (Wildman–Crippen LogP) is 1.91. The number of nitrogens with two attached hydrogens (primary N) is 1. The number of nitrogen functional groups attached to an aromatic ring is 1. The molecule has 0 aliphatic heterocycles. The fraction of sp³-hybridized carbons (Fsp3) is 0. The lowest BCUT2D eigenvalue weighted by atomic mass is 10.2. The van der Waals surface area contributed by atoms with Gasteiger partial charge in [0.15, 0.2) is 0 Å². The lowest BCUT2D eigenvalue weighted by Gasteiger charge is -1.96. The van der Waals surface area contributed by atoms with E-state index < -0.39 is 4.92 Å². The first-order valence-corrected chi connectivity index (χ1v) is 5.51. The third-order valence-corrected chi connectivity index (χ3v) is 2.71. The maximum Gasteiger partial charge on any atom is 0.294 e. The van der Waals surface area contributed by atoms with Crippen molar-refractivity contribution in [3.8, 4) is 5.69 Å². The van der Waals surface area contributed by atoms with Gasteiger partial charge in [-0.15, -0.1) is 10.2 Å². The highest BCUT2D eigenvalue weighted by Crippen LogP contribution is 2.26. The largest absolute Gasteiger partial charge is 0.393 e. The van der Waals surface area contributed by atoms with Gasteiger partial charge in [0.05, 0.1) is 10.6 Å². The molecule has 0 atom stereocenters. The second-order valence-electron chi connectivity index (χ2n) is 3.98. The van der Waals surface area contributed by atoms with Crippen molar-refractivity contribution >= 4 is 22.4 Å². The van der Waals surface area contributed by atoms with E-state index >= 15 is 0 Å². The third-order valence-electron chi connectivity index (χ3n) is 2.71. The lowest BCUT2D eigenvalue weighted by molar-refractivity contribution is -0.383. The molecule has 3 rings (SSSR count). The van der Waals surface area contributed by atoms with E-state index in [0.29, 0.717) is 11.0 Å². The van der Waals surface area contributed by atoms with Crippen LogP contribution in [0.3, 0.4) is 0 Å². The minimum atomic E-state index is -0.531. The van der Waals surface area contributed by atoms with Gasteiger partial charge in [-0.3, -0.25) is 10.1 Å². The summed E-state index contributed by atoms with van der Waals surface area (Å²) in [6, 6.07) is 12.1. The highest BCUT2D eigenvalue weighted by molar-refractivity contribution is 5.83. The minimum absolute atomic E-state index is 0.0811. The Morgan fingerprint density at radius 2 is 1.74 bits per heavy atom. The van der Waals surface area contributed by atoms with E-state index in [9.17, 15) is 10.1 Å². The SMILES string of the molecule is Nc1cc2nn(-c3ccccc3)nc2cc1[N+](=O)[O-]. The molecule has 0 spiro atoms. The molecule has 0 aliphatic rings. The van der Waals surface area contributed by atoms with Crippen molar-refractivity contribution in [1.82, 2.24) is 15.0 Å². The van der Waals surface area contributed by atoms with Gasteiger partial charge >= 0.3 is 0 Å². The molecule has 2 N–H and O–H groups in total. The van der Waals surface area contributed by atoms with Crippen LogP contribution in [0, 0.1) is 10.1 Å². The summed E-state index contributed by atoms with van der Waals surface area (Å²) in [5.74, 6) is 0. The first kappa shape index (κ1) is 11.1. The number of nitro groups is 1. The number of benzene rings is 2. The van der Waals surface area contributed by atoms with Crippen LogP contribution in [-0.2, 0) is 0 Å². The predicted molar refractivity (Wildman–Crippen MR) is 69.9 cm³/mol. The van der Waals surface area contributed by atoms with Crippen LogP contribution in [0.4, 0.5) is 11.4 Å². The van der Waals surface area contributed by atoms with Gasteiger partial charge in [0.1, 0.15) is 16.7 Å². The van der Waals surface area contributed by atoms with Crippen LogP contribution in [0.2, 0.25) is 0 Å². The van der Waals surface area contributed by atoms with E-state index in [2.05, 4.69) is 10.2 Å². The summed E-state index contributed by atoms with van der Waals surface area (Å²) in [5.41, 5.74) is 7.27. The molecule has 0 amide bonds. The second kappa shape index (κ2) is 4.05. The quantitative estimate of drug-likeness (QED) is 0.428. The Kier molecular flexibility index (Phi) is 2.38. The second-order valence-corrected chi connectivity index (χ2v) is 3.98. The number of para-hydroxylation sites is 1. The maximum absolute atomic E-state index is 10.8. The van der Waals surface area contributed by atoms with E-state index in [-0.39, 0.29) is 11.4 Å². The van der Waals surface area contributed by atoms with E-state index in [1.54, 1.807) is 0 Å². The van der Waals surface area contributed by atoms with Crippen LogP contribution in [0.25, 0.3) is 16.7 Å². The zero-order valence-electron chi connectivity index (χ0n) is 9.72. The molecule has 0 saturated carbocycles. The molecular formula is C12H9N5O2. The first-order chi connectivity index (χ1) is 9.15. The van der Waals surface area contributed by atoms with Gasteiger partial charge in [0, 0.05) is 6.07 Å². The van der Waals surface area contributed by atoms with Crippen LogP contribution in [0.5, 0.6) is 0 Å². The van der Waals surface area contributed by atoms with Gasteiger partial charge in [-0.25, -0.2) is 0 Å². The molecule has 94 valence electrons. The Morgan fingerprint density at radius 3 is 2.37 bits per heavy atom. The number of nitro benzene ring substituents is 1. The summed E-state index contributed by atoms with van der Waals surface area (Å²) in [4.78, 5) is 11.7. The van der Waals surface area contributed by atoms with Gasteiger partial charge in [-0.2, -0.15) is 4.80 Å². The standard InChI is InChI=1S/C12H9N5O2/c13-9-6-10-11(7-12(9)17(18)19)15-16(14-10)8-4-2-1-3-5-8/h1-7H,13H2. The number of anilines is 1. The Hall–Kier alpha value is -2.96. The van der Waals surface area contributed by atoms with Crippen LogP contribution >= 0.6 is 0 Å². The molecule has 0 radical (unpaired) electrons. The molecule has 0 saturated heterocycles. The average molecular weight is 255 g/mol. The van der Waals surface area contributed by atoms with E-state index in [1.165, 1.54) is 16.9 Å². The summed E-state index contributed by atoms with van der Waals surface area (Å²) in [5, 5.41) is 19.3. The van der Waals surface area contributed by atoms with Crippen molar-refractivity contribution in [2.75, 3.05) is 5.73 Å².